The lowest BCUT2D eigenvalue weighted by Gasteiger charge is -2.47. The summed E-state index contributed by atoms with van der Waals surface area (Å²) in [5.41, 5.74) is 3.17. The van der Waals surface area contributed by atoms with Gasteiger partial charge in [-0.1, -0.05) is 22.9 Å². The number of nitrogens with zero attached hydrogens (tertiary/aromatic N) is 1. The molecule has 1 aromatic carbocycles. The molecule has 0 aromatic heterocycles. The fraction of sp³-hybridized carbons (Fsp3) is 0.647. The van der Waals surface area contributed by atoms with Gasteiger partial charge in [-0.2, -0.15) is 0 Å². The predicted molar refractivity (Wildman–Crippen MR) is 89.5 cm³/mol. The van der Waals surface area contributed by atoms with Gasteiger partial charge >= 0.3 is 0 Å². The van der Waals surface area contributed by atoms with Crippen molar-refractivity contribution in [1.29, 1.82) is 0 Å². The van der Waals surface area contributed by atoms with Crippen molar-refractivity contribution in [2.24, 2.45) is 5.92 Å². The van der Waals surface area contributed by atoms with E-state index in [2.05, 4.69) is 65.1 Å². The van der Waals surface area contributed by atoms with E-state index in [4.69, 9.17) is 0 Å². The van der Waals surface area contributed by atoms with E-state index in [1.54, 1.807) is 0 Å². The van der Waals surface area contributed by atoms with Crippen molar-refractivity contribution in [2.75, 3.05) is 18.0 Å². The van der Waals surface area contributed by atoms with Crippen molar-refractivity contribution in [2.45, 2.75) is 51.6 Å². The quantitative estimate of drug-likeness (QED) is 0.898. The molecule has 1 saturated heterocycles. The maximum absolute atomic E-state index is 3.80. The topological polar surface area (TPSA) is 15.3 Å². The number of halogens is 1. The Kier molecular flexibility index (Phi) is 3.85. The number of benzene rings is 1. The molecule has 2 unspecified atom stereocenters. The summed E-state index contributed by atoms with van der Waals surface area (Å²) in [5.74, 6) is 0.873. The third-order valence-corrected chi connectivity index (χ3v) is 5.54. The van der Waals surface area contributed by atoms with E-state index in [0.29, 0.717) is 11.6 Å². The highest BCUT2D eigenvalue weighted by Crippen LogP contribution is 2.42. The molecule has 0 amide bonds. The van der Waals surface area contributed by atoms with Crippen LogP contribution in [0.3, 0.4) is 0 Å². The molecule has 1 aliphatic carbocycles. The minimum absolute atomic E-state index is 0.296. The zero-order valence-electron chi connectivity index (χ0n) is 12.7. The van der Waals surface area contributed by atoms with E-state index in [1.165, 1.54) is 28.6 Å². The molecule has 2 aliphatic rings. The Morgan fingerprint density at radius 1 is 1.40 bits per heavy atom. The van der Waals surface area contributed by atoms with Gasteiger partial charge in [0.2, 0.25) is 0 Å². The monoisotopic (exact) mass is 336 g/mol. The highest BCUT2D eigenvalue weighted by atomic mass is 79.9. The van der Waals surface area contributed by atoms with E-state index in [0.717, 1.165) is 25.4 Å². The molecule has 3 heteroatoms. The molecule has 20 heavy (non-hydrogen) atoms. The predicted octanol–water partition coefficient (Wildman–Crippen LogP) is 3.98. The van der Waals surface area contributed by atoms with Gasteiger partial charge in [0, 0.05) is 34.8 Å². The first-order valence-corrected chi connectivity index (χ1v) is 8.63. The molecule has 0 radical (unpaired) electrons. The van der Waals surface area contributed by atoms with Crippen molar-refractivity contribution in [1.82, 2.24) is 5.32 Å². The zero-order valence-corrected chi connectivity index (χ0v) is 14.3. The molecule has 3 rings (SSSR count). The van der Waals surface area contributed by atoms with Crippen LogP contribution in [0.15, 0.2) is 22.7 Å². The van der Waals surface area contributed by atoms with Crippen LogP contribution < -0.4 is 10.2 Å². The molecular weight excluding hydrogens is 312 g/mol. The van der Waals surface area contributed by atoms with E-state index in [9.17, 15) is 0 Å². The molecular formula is C17H25BrN2. The Bertz CT molecular complexity index is 498. The summed E-state index contributed by atoms with van der Waals surface area (Å²) < 4.78 is 1.19. The standard InChI is InChI=1S/C17H25BrN2/c1-4-13-9-15(18)7-8-16(13)20-11-17(3,14-5-6-14)19-10-12(20)2/h7-9,12,14,19H,4-6,10-11H2,1-3H3. The van der Waals surface area contributed by atoms with Crippen LogP contribution in [0.4, 0.5) is 5.69 Å². The SMILES string of the molecule is CCc1cc(Br)ccc1N1CC(C)(C2CC2)NCC1C. The molecule has 1 saturated carbocycles. The van der Waals surface area contributed by atoms with E-state index in [1.807, 2.05) is 0 Å². The summed E-state index contributed by atoms with van der Waals surface area (Å²) >= 11 is 3.60. The molecule has 2 nitrogen and oxygen atoms in total. The number of piperazine rings is 1. The number of aryl methyl sites for hydroxylation is 1. The molecule has 0 bridgehead atoms. The summed E-state index contributed by atoms with van der Waals surface area (Å²) in [6.07, 6.45) is 3.88. The summed E-state index contributed by atoms with van der Waals surface area (Å²) in [7, 11) is 0. The van der Waals surface area contributed by atoms with Gasteiger partial charge < -0.3 is 10.2 Å². The first-order valence-electron chi connectivity index (χ1n) is 7.83. The van der Waals surface area contributed by atoms with Gasteiger partial charge in [-0.25, -0.2) is 0 Å². The summed E-state index contributed by atoms with van der Waals surface area (Å²) in [5, 5.41) is 3.80. The second-order valence-electron chi connectivity index (χ2n) is 6.68. The van der Waals surface area contributed by atoms with E-state index >= 15 is 0 Å². The first kappa shape index (κ1) is 14.4. The number of hydrogen-bond donors (Lipinski definition) is 1. The van der Waals surface area contributed by atoms with Crippen molar-refractivity contribution >= 4 is 21.6 Å². The molecule has 1 aromatic rings. The van der Waals surface area contributed by atoms with E-state index in [-0.39, 0.29) is 0 Å². The highest BCUT2D eigenvalue weighted by Gasteiger charge is 2.45. The normalized spacial score (nSPS) is 30.6. The van der Waals surface area contributed by atoms with Crippen molar-refractivity contribution < 1.29 is 0 Å². The maximum atomic E-state index is 3.80. The third-order valence-electron chi connectivity index (χ3n) is 5.04. The largest absolute Gasteiger partial charge is 0.365 e. The Labute approximate surface area is 131 Å². The second kappa shape index (κ2) is 5.34. The lowest BCUT2D eigenvalue weighted by molar-refractivity contribution is 0.260. The van der Waals surface area contributed by atoms with Crippen LogP contribution in [-0.2, 0) is 6.42 Å². The van der Waals surface area contributed by atoms with Gasteiger partial charge in [0.15, 0.2) is 0 Å². The molecule has 2 atom stereocenters. The number of anilines is 1. The van der Waals surface area contributed by atoms with Gasteiger partial charge in [0.1, 0.15) is 0 Å². The molecule has 1 heterocycles. The van der Waals surface area contributed by atoms with Crippen LogP contribution in [0.2, 0.25) is 0 Å². The lowest BCUT2D eigenvalue weighted by Crippen LogP contribution is -2.63. The highest BCUT2D eigenvalue weighted by molar-refractivity contribution is 9.10. The smallest absolute Gasteiger partial charge is 0.0402 e. The number of hydrogen-bond acceptors (Lipinski definition) is 2. The van der Waals surface area contributed by atoms with Crippen LogP contribution >= 0.6 is 15.9 Å². The van der Waals surface area contributed by atoms with Gasteiger partial charge in [0.25, 0.3) is 0 Å². The Morgan fingerprint density at radius 3 is 2.80 bits per heavy atom. The van der Waals surface area contributed by atoms with Gasteiger partial charge in [-0.3, -0.25) is 0 Å². The summed E-state index contributed by atoms with van der Waals surface area (Å²) in [6, 6.07) is 7.31. The Balaban J connectivity index is 1.90. The van der Waals surface area contributed by atoms with E-state index < -0.39 is 0 Å². The molecule has 0 spiro atoms. The Hall–Kier alpha value is -0.540. The lowest BCUT2D eigenvalue weighted by atomic mass is 9.90. The average molecular weight is 337 g/mol. The van der Waals surface area contributed by atoms with Gasteiger partial charge in [0.05, 0.1) is 0 Å². The molecule has 110 valence electrons. The minimum atomic E-state index is 0.296. The van der Waals surface area contributed by atoms with Crippen LogP contribution in [0.5, 0.6) is 0 Å². The zero-order chi connectivity index (χ0) is 14.3. The van der Waals surface area contributed by atoms with Crippen LogP contribution in [0, 0.1) is 5.92 Å². The Morgan fingerprint density at radius 2 is 2.15 bits per heavy atom. The summed E-state index contributed by atoms with van der Waals surface area (Å²) in [4.78, 5) is 2.63. The van der Waals surface area contributed by atoms with Crippen molar-refractivity contribution in [3.63, 3.8) is 0 Å². The maximum Gasteiger partial charge on any atom is 0.0402 e. The number of nitrogens with one attached hydrogen (secondary N) is 1. The van der Waals surface area contributed by atoms with Crippen molar-refractivity contribution in [3.8, 4) is 0 Å². The van der Waals surface area contributed by atoms with Gasteiger partial charge in [-0.15, -0.1) is 0 Å². The third kappa shape index (κ3) is 2.62. The fourth-order valence-electron chi connectivity index (χ4n) is 3.49. The average Bonchev–Trinajstić information content (AvgIpc) is 3.27. The first-order chi connectivity index (χ1) is 9.53. The molecule has 2 fully saturated rings. The number of rotatable bonds is 3. The van der Waals surface area contributed by atoms with Crippen LogP contribution in [-0.4, -0.2) is 24.7 Å². The second-order valence-corrected chi connectivity index (χ2v) is 7.59. The molecule has 1 aliphatic heterocycles. The molecule has 1 N–H and O–H groups in total. The summed E-state index contributed by atoms with van der Waals surface area (Å²) in [6.45, 7) is 9.22. The van der Waals surface area contributed by atoms with Crippen LogP contribution in [0.1, 0.15) is 39.2 Å². The van der Waals surface area contributed by atoms with Gasteiger partial charge in [-0.05, 0) is 62.8 Å². The minimum Gasteiger partial charge on any atom is -0.365 e. The fourth-order valence-corrected chi connectivity index (χ4v) is 3.90. The van der Waals surface area contributed by atoms with Crippen molar-refractivity contribution in [3.05, 3.63) is 28.2 Å². The van der Waals surface area contributed by atoms with Crippen LogP contribution in [0.25, 0.3) is 0 Å².